The third-order valence-electron chi connectivity index (χ3n) is 2.85. The van der Waals surface area contributed by atoms with Crippen LogP contribution in [0.2, 0.25) is 0 Å². The van der Waals surface area contributed by atoms with Gasteiger partial charge in [-0.05, 0) is 30.5 Å². The van der Waals surface area contributed by atoms with Crippen LogP contribution >= 0.6 is 0 Å². The van der Waals surface area contributed by atoms with E-state index in [2.05, 4.69) is 19.9 Å². The van der Waals surface area contributed by atoms with Crippen LogP contribution in [0.5, 0.6) is 5.75 Å². The maximum Gasteiger partial charge on any atom is 0.184 e. The third kappa shape index (κ3) is 2.79. The second kappa shape index (κ2) is 5.52. The first-order valence-electron chi connectivity index (χ1n) is 6.22. The molecular formula is C14H20O3. The van der Waals surface area contributed by atoms with E-state index in [-0.39, 0.29) is 6.29 Å². The van der Waals surface area contributed by atoms with Crippen molar-refractivity contribution in [3.05, 3.63) is 29.3 Å². The lowest BCUT2D eigenvalue weighted by atomic mass is 9.99. The molecule has 0 unspecified atom stereocenters. The molecule has 1 aliphatic heterocycles. The van der Waals surface area contributed by atoms with Gasteiger partial charge < -0.3 is 14.2 Å². The lowest BCUT2D eigenvalue weighted by Gasteiger charge is -2.17. The number of hydrogen-bond donors (Lipinski definition) is 0. The molecule has 0 atom stereocenters. The average molecular weight is 236 g/mol. The van der Waals surface area contributed by atoms with Gasteiger partial charge in [0.05, 0.1) is 19.8 Å². The Morgan fingerprint density at radius 2 is 2.00 bits per heavy atom. The molecule has 94 valence electrons. The molecule has 0 bridgehead atoms. The van der Waals surface area contributed by atoms with Gasteiger partial charge in [0.25, 0.3) is 0 Å². The largest absolute Gasteiger partial charge is 0.494 e. The second-order valence-corrected chi connectivity index (χ2v) is 4.46. The first kappa shape index (κ1) is 12.4. The Bertz CT molecular complexity index is 368. The van der Waals surface area contributed by atoms with Crippen molar-refractivity contribution in [2.75, 3.05) is 19.8 Å². The lowest BCUT2D eigenvalue weighted by Crippen LogP contribution is -2.03. The molecule has 1 aromatic rings. The SMILES string of the molecule is CCOc1ccc(C2OCCO2)cc1C(C)C. The number of benzene rings is 1. The van der Waals surface area contributed by atoms with Crippen molar-refractivity contribution in [3.8, 4) is 5.75 Å². The molecule has 1 aliphatic rings. The highest BCUT2D eigenvalue weighted by molar-refractivity contribution is 5.39. The van der Waals surface area contributed by atoms with Gasteiger partial charge in [-0.3, -0.25) is 0 Å². The quantitative estimate of drug-likeness (QED) is 0.803. The molecular weight excluding hydrogens is 216 g/mol. The zero-order valence-electron chi connectivity index (χ0n) is 10.7. The molecule has 1 heterocycles. The minimum atomic E-state index is -0.205. The summed E-state index contributed by atoms with van der Waals surface area (Å²) < 4.78 is 16.7. The maximum absolute atomic E-state index is 5.63. The van der Waals surface area contributed by atoms with Crippen LogP contribution in [0.1, 0.15) is 44.1 Å². The van der Waals surface area contributed by atoms with Gasteiger partial charge in [0.1, 0.15) is 5.75 Å². The predicted octanol–water partition coefficient (Wildman–Crippen LogP) is 3.25. The third-order valence-corrected chi connectivity index (χ3v) is 2.85. The number of ether oxygens (including phenoxy) is 3. The van der Waals surface area contributed by atoms with Crippen LogP contribution in [-0.4, -0.2) is 19.8 Å². The predicted molar refractivity (Wildman–Crippen MR) is 66.3 cm³/mol. The van der Waals surface area contributed by atoms with Crippen LogP contribution in [0.3, 0.4) is 0 Å². The van der Waals surface area contributed by atoms with Crippen molar-refractivity contribution in [2.24, 2.45) is 0 Å². The summed E-state index contributed by atoms with van der Waals surface area (Å²) in [5.74, 6) is 1.39. The molecule has 1 aromatic carbocycles. The van der Waals surface area contributed by atoms with Crippen molar-refractivity contribution in [3.63, 3.8) is 0 Å². The number of hydrogen-bond acceptors (Lipinski definition) is 3. The summed E-state index contributed by atoms with van der Waals surface area (Å²) in [5, 5.41) is 0. The fraction of sp³-hybridized carbons (Fsp3) is 0.571. The van der Waals surface area contributed by atoms with E-state index in [9.17, 15) is 0 Å². The fourth-order valence-corrected chi connectivity index (χ4v) is 2.00. The van der Waals surface area contributed by atoms with Crippen LogP contribution < -0.4 is 4.74 Å². The summed E-state index contributed by atoms with van der Waals surface area (Å²) in [6.07, 6.45) is -0.205. The van der Waals surface area contributed by atoms with E-state index in [1.807, 2.05) is 19.1 Å². The summed E-state index contributed by atoms with van der Waals surface area (Å²) in [4.78, 5) is 0. The molecule has 2 rings (SSSR count). The minimum Gasteiger partial charge on any atom is -0.494 e. The van der Waals surface area contributed by atoms with Crippen molar-refractivity contribution in [1.29, 1.82) is 0 Å². The van der Waals surface area contributed by atoms with Crippen LogP contribution in [0.15, 0.2) is 18.2 Å². The maximum atomic E-state index is 5.63. The van der Waals surface area contributed by atoms with Gasteiger partial charge in [-0.2, -0.15) is 0 Å². The highest BCUT2D eigenvalue weighted by atomic mass is 16.7. The zero-order valence-corrected chi connectivity index (χ0v) is 10.7. The molecule has 3 nitrogen and oxygen atoms in total. The molecule has 0 radical (unpaired) electrons. The fourth-order valence-electron chi connectivity index (χ4n) is 2.00. The van der Waals surface area contributed by atoms with E-state index < -0.39 is 0 Å². The molecule has 0 amide bonds. The summed E-state index contributed by atoms with van der Waals surface area (Å²) in [5.41, 5.74) is 2.29. The van der Waals surface area contributed by atoms with Crippen molar-refractivity contribution >= 4 is 0 Å². The smallest absolute Gasteiger partial charge is 0.184 e. The van der Waals surface area contributed by atoms with Gasteiger partial charge >= 0.3 is 0 Å². The van der Waals surface area contributed by atoms with Crippen LogP contribution in [0.4, 0.5) is 0 Å². The van der Waals surface area contributed by atoms with E-state index in [0.717, 1.165) is 11.3 Å². The standard InChI is InChI=1S/C14H20O3/c1-4-15-13-6-5-11(9-12(13)10(2)3)14-16-7-8-17-14/h5-6,9-10,14H,4,7-8H2,1-3H3. The summed E-state index contributed by atoms with van der Waals surface area (Å²) in [7, 11) is 0. The minimum absolute atomic E-state index is 0.205. The summed E-state index contributed by atoms with van der Waals surface area (Å²) in [6, 6.07) is 6.16. The molecule has 0 spiro atoms. The first-order valence-corrected chi connectivity index (χ1v) is 6.22. The Morgan fingerprint density at radius 3 is 2.59 bits per heavy atom. The molecule has 1 saturated heterocycles. The highest BCUT2D eigenvalue weighted by Gasteiger charge is 2.20. The Hall–Kier alpha value is -1.06. The van der Waals surface area contributed by atoms with E-state index in [0.29, 0.717) is 25.7 Å². The molecule has 1 fully saturated rings. The van der Waals surface area contributed by atoms with Gasteiger partial charge in [0.15, 0.2) is 6.29 Å². The Labute approximate surface area is 103 Å². The average Bonchev–Trinajstić information content (AvgIpc) is 2.83. The Morgan fingerprint density at radius 1 is 1.29 bits per heavy atom. The lowest BCUT2D eigenvalue weighted by molar-refractivity contribution is -0.0441. The van der Waals surface area contributed by atoms with Crippen LogP contribution in [0, 0.1) is 0 Å². The Balaban J connectivity index is 2.27. The van der Waals surface area contributed by atoms with Gasteiger partial charge in [0.2, 0.25) is 0 Å². The normalized spacial score (nSPS) is 16.7. The van der Waals surface area contributed by atoms with Crippen LogP contribution in [-0.2, 0) is 9.47 Å². The molecule has 17 heavy (non-hydrogen) atoms. The molecule has 0 N–H and O–H groups in total. The van der Waals surface area contributed by atoms with Crippen molar-refractivity contribution in [1.82, 2.24) is 0 Å². The van der Waals surface area contributed by atoms with Gasteiger partial charge in [0, 0.05) is 5.56 Å². The summed E-state index contributed by atoms with van der Waals surface area (Å²) >= 11 is 0. The number of rotatable bonds is 4. The molecule has 0 aliphatic carbocycles. The van der Waals surface area contributed by atoms with Crippen LogP contribution in [0.25, 0.3) is 0 Å². The molecule has 0 saturated carbocycles. The summed E-state index contributed by atoms with van der Waals surface area (Å²) in [6.45, 7) is 8.37. The van der Waals surface area contributed by atoms with Gasteiger partial charge in [-0.1, -0.05) is 19.9 Å². The first-order chi connectivity index (χ1) is 8.22. The topological polar surface area (TPSA) is 27.7 Å². The van der Waals surface area contributed by atoms with E-state index in [4.69, 9.17) is 14.2 Å². The van der Waals surface area contributed by atoms with E-state index in [1.54, 1.807) is 0 Å². The monoisotopic (exact) mass is 236 g/mol. The van der Waals surface area contributed by atoms with E-state index in [1.165, 1.54) is 5.56 Å². The van der Waals surface area contributed by atoms with Gasteiger partial charge in [-0.25, -0.2) is 0 Å². The molecule has 0 aromatic heterocycles. The van der Waals surface area contributed by atoms with Crippen molar-refractivity contribution in [2.45, 2.75) is 33.0 Å². The molecule has 3 heteroatoms. The van der Waals surface area contributed by atoms with E-state index >= 15 is 0 Å². The van der Waals surface area contributed by atoms with Gasteiger partial charge in [-0.15, -0.1) is 0 Å². The zero-order chi connectivity index (χ0) is 12.3. The Kier molecular flexibility index (Phi) is 4.02. The van der Waals surface area contributed by atoms with Crippen molar-refractivity contribution < 1.29 is 14.2 Å². The highest BCUT2D eigenvalue weighted by Crippen LogP contribution is 2.32. The second-order valence-electron chi connectivity index (χ2n) is 4.46.